The number of aromatic amines is 1. The molecule has 2 aromatic rings. The highest BCUT2D eigenvalue weighted by atomic mass is 16.1. The molecule has 94 valence electrons. The molecule has 0 spiro atoms. The molecule has 0 radical (unpaired) electrons. The first-order valence-electron chi connectivity index (χ1n) is 6.44. The summed E-state index contributed by atoms with van der Waals surface area (Å²) >= 11 is 0. The monoisotopic (exact) mass is 243 g/mol. The Labute approximate surface area is 106 Å². The second-order valence-corrected chi connectivity index (χ2v) is 4.73. The van der Waals surface area contributed by atoms with Crippen molar-refractivity contribution in [2.24, 2.45) is 0 Å². The fourth-order valence-electron chi connectivity index (χ4n) is 2.55. The van der Waals surface area contributed by atoms with Crippen LogP contribution in [-0.2, 0) is 0 Å². The quantitative estimate of drug-likeness (QED) is 0.847. The molecule has 1 aliphatic heterocycles. The van der Waals surface area contributed by atoms with Gasteiger partial charge in [-0.05, 0) is 37.1 Å². The predicted molar refractivity (Wildman–Crippen MR) is 71.0 cm³/mol. The maximum Gasteiger partial charge on any atom is 0.330 e. The molecule has 2 heterocycles. The number of rotatable bonds is 2. The van der Waals surface area contributed by atoms with Gasteiger partial charge in [-0.25, -0.2) is 4.79 Å². The van der Waals surface area contributed by atoms with Gasteiger partial charge >= 0.3 is 5.69 Å². The minimum atomic E-state index is -0.0937. The Bertz CT molecular complexity index is 578. The van der Waals surface area contributed by atoms with Gasteiger partial charge in [0.2, 0.25) is 0 Å². The normalized spacial score (nSPS) is 19.9. The van der Waals surface area contributed by atoms with Crippen molar-refractivity contribution < 1.29 is 0 Å². The zero-order valence-corrected chi connectivity index (χ0v) is 10.2. The molecular weight excluding hydrogens is 226 g/mol. The van der Waals surface area contributed by atoms with Crippen LogP contribution < -0.4 is 11.0 Å². The molecule has 3 rings (SSSR count). The molecule has 0 bridgehead atoms. The maximum absolute atomic E-state index is 11.6. The maximum atomic E-state index is 11.6. The van der Waals surface area contributed by atoms with Crippen molar-refractivity contribution in [3.05, 3.63) is 52.7 Å². The van der Waals surface area contributed by atoms with Gasteiger partial charge in [-0.1, -0.05) is 18.6 Å². The average molecular weight is 243 g/mol. The summed E-state index contributed by atoms with van der Waals surface area (Å²) in [6, 6.07) is 8.62. The van der Waals surface area contributed by atoms with E-state index in [1.54, 1.807) is 17.0 Å². The Morgan fingerprint density at radius 3 is 2.94 bits per heavy atom. The van der Waals surface area contributed by atoms with Crippen LogP contribution in [0.2, 0.25) is 0 Å². The third kappa shape index (κ3) is 2.11. The summed E-state index contributed by atoms with van der Waals surface area (Å²) < 4.78 is 1.63. The Morgan fingerprint density at radius 1 is 1.28 bits per heavy atom. The number of H-pyrrole nitrogens is 1. The van der Waals surface area contributed by atoms with Crippen molar-refractivity contribution >= 4 is 0 Å². The Kier molecular flexibility index (Phi) is 3.02. The van der Waals surface area contributed by atoms with Crippen molar-refractivity contribution in [1.82, 2.24) is 14.9 Å². The number of imidazole rings is 1. The van der Waals surface area contributed by atoms with Crippen molar-refractivity contribution in [1.29, 1.82) is 0 Å². The van der Waals surface area contributed by atoms with Gasteiger partial charge in [0.1, 0.15) is 0 Å². The summed E-state index contributed by atoms with van der Waals surface area (Å²) in [6.45, 7) is 1.08. The van der Waals surface area contributed by atoms with E-state index in [-0.39, 0.29) is 5.69 Å². The first-order valence-corrected chi connectivity index (χ1v) is 6.44. The van der Waals surface area contributed by atoms with E-state index in [0.29, 0.717) is 6.04 Å². The van der Waals surface area contributed by atoms with Crippen molar-refractivity contribution in [3.63, 3.8) is 0 Å². The van der Waals surface area contributed by atoms with E-state index in [2.05, 4.69) is 22.4 Å². The largest absolute Gasteiger partial charge is 0.330 e. The third-order valence-corrected chi connectivity index (χ3v) is 3.51. The molecule has 0 aliphatic carbocycles. The van der Waals surface area contributed by atoms with E-state index in [4.69, 9.17) is 0 Å². The van der Waals surface area contributed by atoms with Crippen molar-refractivity contribution in [2.75, 3.05) is 6.54 Å². The lowest BCUT2D eigenvalue weighted by Gasteiger charge is -2.24. The molecule has 18 heavy (non-hydrogen) atoms. The Hall–Kier alpha value is -1.81. The zero-order valence-electron chi connectivity index (χ0n) is 10.2. The summed E-state index contributed by atoms with van der Waals surface area (Å²) in [5, 5.41) is 3.53. The van der Waals surface area contributed by atoms with E-state index in [0.717, 1.165) is 12.2 Å². The molecule has 1 aliphatic rings. The highest BCUT2D eigenvalue weighted by molar-refractivity contribution is 5.37. The third-order valence-electron chi connectivity index (χ3n) is 3.51. The number of nitrogens with zero attached hydrogens (tertiary/aromatic N) is 1. The van der Waals surface area contributed by atoms with Crippen LogP contribution in [0.1, 0.15) is 30.9 Å². The molecule has 1 aromatic carbocycles. The lowest BCUT2D eigenvalue weighted by molar-refractivity contribution is 0.412. The highest BCUT2D eigenvalue weighted by Gasteiger charge is 2.15. The minimum absolute atomic E-state index is 0.0937. The number of nitrogens with one attached hydrogen (secondary N) is 2. The van der Waals surface area contributed by atoms with Gasteiger partial charge < -0.3 is 10.3 Å². The number of piperidine rings is 1. The summed E-state index contributed by atoms with van der Waals surface area (Å²) in [4.78, 5) is 14.3. The van der Waals surface area contributed by atoms with E-state index < -0.39 is 0 Å². The molecular formula is C14H17N3O. The van der Waals surface area contributed by atoms with Gasteiger partial charge in [0.25, 0.3) is 0 Å². The predicted octanol–water partition coefficient (Wildman–Crippen LogP) is 1.98. The SMILES string of the molecule is O=c1[nH]ccn1-c1cccc(C2CCCCN2)c1. The molecule has 2 N–H and O–H groups in total. The first-order chi connectivity index (χ1) is 8.84. The molecule has 1 fully saturated rings. The summed E-state index contributed by atoms with van der Waals surface area (Å²) in [6.07, 6.45) is 7.12. The molecule has 4 heteroatoms. The number of benzene rings is 1. The van der Waals surface area contributed by atoms with Crippen molar-refractivity contribution in [3.8, 4) is 5.69 Å². The second-order valence-electron chi connectivity index (χ2n) is 4.73. The molecule has 0 saturated carbocycles. The minimum Gasteiger partial charge on any atom is -0.312 e. The van der Waals surface area contributed by atoms with Crippen LogP contribution in [0.25, 0.3) is 5.69 Å². The molecule has 4 nitrogen and oxygen atoms in total. The van der Waals surface area contributed by atoms with Crippen LogP contribution in [0, 0.1) is 0 Å². The fourth-order valence-corrected chi connectivity index (χ4v) is 2.55. The molecule has 1 atom stereocenters. The summed E-state index contributed by atoms with van der Waals surface area (Å²) in [5.41, 5.74) is 2.09. The Morgan fingerprint density at radius 2 is 2.22 bits per heavy atom. The summed E-state index contributed by atoms with van der Waals surface area (Å²) in [7, 11) is 0. The number of aromatic nitrogens is 2. The van der Waals surface area contributed by atoms with E-state index in [1.165, 1.54) is 24.8 Å². The van der Waals surface area contributed by atoms with Crippen LogP contribution in [0.4, 0.5) is 0 Å². The second kappa shape index (κ2) is 4.82. The molecule has 1 aromatic heterocycles. The van der Waals surface area contributed by atoms with E-state index in [9.17, 15) is 4.79 Å². The summed E-state index contributed by atoms with van der Waals surface area (Å²) in [5.74, 6) is 0. The smallest absolute Gasteiger partial charge is 0.312 e. The van der Waals surface area contributed by atoms with Crippen LogP contribution in [0.3, 0.4) is 0 Å². The lowest BCUT2D eigenvalue weighted by Crippen LogP contribution is -2.26. The highest BCUT2D eigenvalue weighted by Crippen LogP contribution is 2.24. The lowest BCUT2D eigenvalue weighted by atomic mass is 9.97. The van der Waals surface area contributed by atoms with Gasteiger partial charge in [-0.15, -0.1) is 0 Å². The topological polar surface area (TPSA) is 49.8 Å². The molecule has 1 saturated heterocycles. The van der Waals surface area contributed by atoms with Gasteiger partial charge in [-0.2, -0.15) is 0 Å². The van der Waals surface area contributed by atoms with Crippen LogP contribution >= 0.6 is 0 Å². The zero-order chi connectivity index (χ0) is 12.4. The van der Waals surface area contributed by atoms with Gasteiger partial charge in [0.15, 0.2) is 0 Å². The van der Waals surface area contributed by atoms with Gasteiger partial charge in [-0.3, -0.25) is 4.57 Å². The molecule has 1 unspecified atom stereocenters. The average Bonchev–Trinajstić information content (AvgIpc) is 2.86. The van der Waals surface area contributed by atoms with Gasteiger partial charge in [0.05, 0.1) is 5.69 Å². The van der Waals surface area contributed by atoms with E-state index in [1.807, 2.05) is 12.1 Å². The van der Waals surface area contributed by atoms with Crippen LogP contribution in [0.5, 0.6) is 0 Å². The first kappa shape index (κ1) is 11.3. The van der Waals surface area contributed by atoms with Gasteiger partial charge in [0, 0.05) is 18.4 Å². The Balaban J connectivity index is 1.94. The fraction of sp³-hybridized carbons (Fsp3) is 0.357. The van der Waals surface area contributed by atoms with Crippen molar-refractivity contribution in [2.45, 2.75) is 25.3 Å². The van der Waals surface area contributed by atoms with Crippen LogP contribution in [-0.4, -0.2) is 16.1 Å². The standard InChI is InChI=1S/C14H17N3O/c18-14-16-8-9-17(14)12-5-3-4-11(10-12)13-6-1-2-7-15-13/h3-5,8-10,13,15H,1-2,6-7H2,(H,16,18). The van der Waals surface area contributed by atoms with Crippen LogP contribution in [0.15, 0.2) is 41.5 Å². The molecule has 0 amide bonds. The van der Waals surface area contributed by atoms with E-state index >= 15 is 0 Å². The number of hydrogen-bond acceptors (Lipinski definition) is 2. The number of hydrogen-bond donors (Lipinski definition) is 2.